The van der Waals surface area contributed by atoms with Gasteiger partial charge in [-0.25, -0.2) is 4.79 Å². The molecule has 3 aliphatic heterocycles. The number of esters is 2. The van der Waals surface area contributed by atoms with Crippen molar-refractivity contribution in [3.05, 3.63) is 35.9 Å². The second-order valence-corrected chi connectivity index (χ2v) is 15.0. The average molecular weight is 772 g/mol. The van der Waals surface area contributed by atoms with Gasteiger partial charge in [0, 0.05) is 25.7 Å². The number of hydrogen-bond donors (Lipinski definition) is 10. The van der Waals surface area contributed by atoms with Gasteiger partial charge >= 0.3 is 11.9 Å². The average Bonchev–Trinajstić information content (AvgIpc) is 3.35. The maximum absolute atomic E-state index is 13.7. The Bertz CT molecular complexity index is 1500. The highest BCUT2D eigenvalue weighted by Gasteiger charge is 2.70. The van der Waals surface area contributed by atoms with Crippen molar-refractivity contribution in [2.24, 2.45) is 11.8 Å². The van der Waals surface area contributed by atoms with Gasteiger partial charge in [0.15, 0.2) is 6.29 Å². The van der Waals surface area contributed by atoms with Crippen LogP contribution in [0.5, 0.6) is 0 Å². The Morgan fingerprint density at radius 1 is 0.907 bits per heavy atom. The molecule has 3 saturated heterocycles. The number of aliphatic hydroxyl groups excluding tert-OH is 8. The first-order valence-electron chi connectivity index (χ1n) is 18.0. The molecule has 302 valence electrons. The van der Waals surface area contributed by atoms with Gasteiger partial charge in [-0.15, -0.1) is 0 Å². The van der Waals surface area contributed by atoms with Gasteiger partial charge in [-0.2, -0.15) is 0 Å². The zero-order valence-electron chi connectivity index (χ0n) is 29.6. The quantitative estimate of drug-likeness (QED) is 0.113. The lowest BCUT2D eigenvalue weighted by molar-refractivity contribution is -0.311. The van der Waals surface area contributed by atoms with Crippen LogP contribution in [0.3, 0.4) is 0 Å². The summed E-state index contributed by atoms with van der Waals surface area (Å²) in [4.78, 5) is 38.5. The van der Waals surface area contributed by atoms with Crippen molar-refractivity contribution < 1.29 is 88.8 Å². The third kappa shape index (κ3) is 7.50. The van der Waals surface area contributed by atoms with Gasteiger partial charge in [-0.3, -0.25) is 9.59 Å². The van der Waals surface area contributed by atoms with Crippen LogP contribution in [0.4, 0.5) is 0 Å². The molecule has 1 aromatic carbocycles. The largest absolute Gasteiger partial charge is 0.459 e. The molecule has 1 aromatic rings. The van der Waals surface area contributed by atoms with Gasteiger partial charge < -0.3 is 79.7 Å². The van der Waals surface area contributed by atoms with Crippen LogP contribution in [0.15, 0.2) is 30.3 Å². The Hall–Kier alpha value is -2.89. The number of ether oxygens (including phenoxy) is 6. The van der Waals surface area contributed by atoms with E-state index in [9.17, 15) is 60.3 Å². The van der Waals surface area contributed by atoms with Crippen molar-refractivity contribution in [1.29, 1.82) is 0 Å². The first kappa shape index (κ1) is 40.8. The summed E-state index contributed by atoms with van der Waals surface area (Å²) in [5, 5.41) is 99.6. The Morgan fingerprint density at radius 2 is 1.61 bits per heavy atom. The zero-order chi connectivity index (χ0) is 39.3. The molecule has 19 heteroatoms. The highest BCUT2D eigenvalue weighted by Crippen LogP contribution is 2.52. The number of aliphatic hydroxyl groups is 9. The van der Waals surface area contributed by atoms with Crippen LogP contribution in [0.2, 0.25) is 0 Å². The topological polar surface area (TPSA) is 301 Å². The molecule has 2 aliphatic carbocycles. The van der Waals surface area contributed by atoms with Crippen LogP contribution in [0.1, 0.15) is 49.9 Å². The molecule has 0 bridgehead atoms. The standard InChI is InChI=1S/C35H49NO18/c1-14-13-49-34(11-20(14)51-30(45)16-6-4-3-5-7-16)33(47)35(48)22(40)8-17(9-23(35)54-34)31(46)50-19-10-18(39)25(41)28(44)29(19)53-32-24(36-15(2)38)27(43)26(42)21(12-37)52-32/h3-7,14,17-29,32-33,37,39-44,47-48H,8-13H2,1-2H3,(H,36,38)/t14-,17+,18+,19-,20+,21-,22+,23-,24-,25-,26-,27-,28+,29+,32?,33+,34+,35-/m1/s1. The van der Waals surface area contributed by atoms with Gasteiger partial charge in [0.1, 0.15) is 66.6 Å². The van der Waals surface area contributed by atoms with E-state index < -0.39 is 140 Å². The Morgan fingerprint density at radius 3 is 2.28 bits per heavy atom. The fraction of sp³-hybridized carbons (Fsp3) is 0.743. The van der Waals surface area contributed by atoms with Gasteiger partial charge in [-0.05, 0) is 25.0 Å². The maximum atomic E-state index is 13.7. The van der Waals surface area contributed by atoms with E-state index in [0.717, 1.165) is 6.92 Å². The second-order valence-electron chi connectivity index (χ2n) is 15.0. The number of hydrogen-bond acceptors (Lipinski definition) is 18. The minimum atomic E-state index is -2.32. The molecule has 5 fully saturated rings. The molecular formula is C35H49NO18. The number of carbonyl (C=O) groups is 3. The first-order chi connectivity index (χ1) is 25.5. The van der Waals surface area contributed by atoms with Crippen molar-refractivity contribution in [2.45, 2.75) is 136 Å². The second kappa shape index (κ2) is 15.9. The molecular weight excluding hydrogens is 722 g/mol. The van der Waals surface area contributed by atoms with Crippen molar-refractivity contribution in [1.82, 2.24) is 5.32 Å². The molecule has 54 heavy (non-hydrogen) atoms. The van der Waals surface area contributed by atoms with E-state index in [1.807, 2.05) is 0 Å². The van der Waals surface area contributed by atoms with Crippen LogP contribution in [0, 0.1) is 11.8 Å². The van der Waals surface area contributed by atoms with Crippen molar-refractivity contribution in [2.75, 3.05) is 13.2 Å². The lowest BCUT2D eigenvalue weighted by Crippen LogP contribution is -2.67. The molecule has 0 radical (unpaired) electrons. The molecule has 6 rings (SSSR count). The lowest BCUT2D eigenvalue weighted by Gasteiger charge is -2.47. The maximum Gasteiger partial charge on any atom is 0.338 e. The fourth-order valence-corrected chi connectivity index (χ4v) is 8.12. The molecule has 2 saturated carbocycles. The number of fused-ring (bicyclic) bond motifs is 1. The van der Waals surface area contributed by atoms with Gasteiger partial charge in [0.25, 0.3) is 0 Å². The summed E-state index contributed by atoms with van der Waals surface area (Å²) in [6, 6.07) is 6.79. The molecule has 5 aliphatic rings. The summed E-state index contributed by atoms with van der Waals surface area (Å²) in [7, 11) is 0. The van der Waals surface area contributed by atoms with E-state index in [4.69, 9.17) is 28.4 Å². The summed E-state index contributed by atoms with van der Waals surface area (Å²) < 4.78 is 35.0. The van der Waals surface area contributed by atoms with Crippen LogP contribution >= 0.6 is 0 Å². The van der Waals surface area contributed by atoms with E-state index >= 15 is 0 Å². The minimum Gasteiger partial charge on any atom is -0.459 e. The fourth-order valence-electron chi connectivity index (χ4n) is 8.12. The number of amides is 1. The van der Waals surface area contributed by atoms with Crippen molar-refractivity contribution in [3.63, 3.8) is 0 Å². The molecule has 1 unspecified atom stereocenters. The van der Waals surface area contributed by atoms with Crippen LogP contribution in [-0.2, 0) is 38.0 Å². The molecule has 3 heterocycles. The third-order valence-electron chi connectivity index (χ3n) is 11.3. The van der Waals surface area contributed by atoms with Crippen LogP contribution < -0.4 is 5.32 Å². The van der Waals surface area contributed by atoms with Gasteiger partial charge in [0.2, 0.25) is 11.7 Å². The smallest absolute Gasteiger partial charge is 0.338 e. The molecule has 1 spiro atoms. The molecule has 18 atom stereocenters. The molecule has 0 aromatic heterocycles. The monoisotopic (exact) mass is 771 g/mol. The summed E-state index contributed by atoms with van der Waals surface area (Å²) in [6.07, 6.45) is -22.2. The number of rotatable bonds is 8. The van der Waals surface area contributed by atoms with E-state index in [2.05, 4.69) is 5.32 Å². The summed E-state index contributed by atoms with van der Waals surface area (Å²) in [6.45, 7) is 2.06. The molecule has 19 nitrogen and oxygen atoms in total. The highest BCUT2D eigenvalue weighted by atomic mass is 16.7. The normalized spacial score (nSPS) is 46.4. The van der Waals surface area contributed by atoms with Gasteiger partial charge in [0.05, 0.1) is 43.0 Å². The summed E-state index contributed by atoms with van der Waals surface area (Å²) in [5.41, 5.74) is -2.02. The van der Waals surface area contributed by atoms with Crippen molar-refractivity contribution >= 4 is 17.8 Å². The number of benzene rings is 1. The Kier molecular flexibility index (Phi) is 12.0. The van der Waals surface area contributed by atoms with Crippen LogP contribution in [-0.4, -0.2) is 174 Å². The van der Waals surface area contributed by atoms with Crippen LogP contribution in [0.25, 0.3) is 0 Å². The minimum absolute atomic E-state index is 0.0454. The zero-order valence-corrected chi connectivity index (χ0v) is 29.6. The molecule has 10 N–H and O–H groups in total. The number of carbonyl (C=O) groups excluding carboxylic acids is 3. The Labute approximate surface area is 309 Å². The lowest BCUT2D eigenvalue weighted by atomic mass is 9.71. The van der Waals surface area contributed by atoms with E-state index in [-0.39, 0.29) is 25.4 Å². The predicted octanol–water partition coefficient (Wildman–Crippen LogP) is -4.05. The summed E-state index contributed by atoms with van der Waals surface area (Å²) in [5.74, 6) is -5.74. The summed E-state index contributed by atoms with van der Waals surface area (Å²) >= 11 is 0. The SMILES string of the molecule is CC(=O)N[C@H]1C(O[C@@H]2[C@@H](O)[C@H](O)[C@@H](O)C[C@H]2OC(=O)[C@H]2C[C@H](O)[C@@]3(O)[C@@H](C2)O[C@@]2(C[C@H](OC(=O)c4ccccc4)[C@H](C)CO2)[C@@H]3O)O[C@H](CO)[C@@H](O)[C@@H]1O. The van der Waals surface area contributed by atoms with Gasteiger partial charge in [-0.1, -0.05) is 25.1 Å². The van der Waals surface area contributed by atoms with E-state index in [1.54, 1.807) is 37.3 Å². The van der Waals surface area contributed by atoms with Crippen molar-refractivity contribution in [3.8, 4) is 0 Å². The number of nitrogens with one attached hydrogen (secondary N) is 1. The van der Waals surface area contributed by atoms with E-state index in [1.165, 1.54) is 0 Å². The van der Waals surface area contributed by atoms with E-state index in [0.29, 0.717) is 5.56 Å². The first-order valence-corrected chi connectivity index (χ1v) is 18.0. The highest BCUT2D eigenvalue weighted by molar-refractivity contribution is 5.89. The molecule has 1 amide bonds. The Balaban J connectivity index is 1.17. The third-order valence-corrected chi connectivity index (χ3v) is 11.3. The predicted molar refractivity (Wildman–Crippen MR) is 175 cm³/mol.